The number of methoxy groups -OCH3 is 3. The maximum absolute atomic E-state index is 12.6. The van der Waals surface area contributed by atoms with Gasteiger partial charge in [0.1, 0.15) is 10.8 Å². The van der Waals surface area contributed by atoms with Crippen molar-refractivity contribution in [1.82, 2.24) is 5.43 Å². The van der Waals surface area contributed by atoms with Crippen LogP contribution in [0, 0.1) is 0 Å². The minimum absolute atomic E-state index is 0.181. The average molecular weight is 580 g/mol. The number of amides is 2. The van der Waals surface area contributed by atoms with Crippen molar-refractivity contribution >= 4 is 45.8 Å². The molecule has 214 valence electrons. The predicted molar refractivity (Wildman–Crippen MR) is 152 cm³/mol. The zero-order valence-electron chi connectivity index (χ0n) is 23.0. The fourth-order valence-electron chi connectivity index (χ4n) is 4.27. The number of carbonyl (C=O) groups excluding carboxylic acids is 4. The van der Waals surface area contributed by atoms with E-state index in [0.29, 0.717) is 34.6 Å². The second-order valence-electron chi connectivity index (χ2n) is 8.99. The molecule has 0 radical (unpaired) electrons. The lowest BCUT2D eigenvalue weighted by atomic mass is 9.95. The number of benzene rings is 2. The first-order valence-corrected chi connectivity index (χ1v) is 13.5. The predicted octanol–water partition coefficient (Wildman–Crippen LogP) is 4.13. The molecule has 0 saturated carbocycles. The van der Waals surface area contributed by atoms with Crippen molar-refractivity contribution in [3.8, 4) is 17.2 Å². The van der Waals surface area contributed by atoms with Crippen molar-refractivity contribution in [3.63, 3.8) is 0 Å². The van der Waals surface area contributed by atoms with Crippen molar-refractivity contribution in [2.75, 3.05) is 26.6 Å². The molecule has 0 spiro atoms. The summed E-state index contributed by atoms with van der Waals surface area (Å²) >= 11 is 1.28. The van der Waals surface area contributed by atoms with E-state index >= 15 is 0 Å². The Morgan fingerprint density at radius 2 is 1.63 bits per heavy atom. The first kappa shape index (κ1) is 29.3. The van der Waals surface area contributed by atoms with E-state index in [1.807, 2.05) is 0 Å². The van der Waals surface area contributed by atoms with Gasteiger partial charge in [-0.25, -0.2) is 15.0 Å². The monoisotopic (exact) mass is 579 g/mol. The van der Waals surface area contributed by atoms with Gasteiger partial charge in [-0.2, -0.15) is 5.10 Å². The van der Waals surface area contributed by atoms with Gasteiger partial charge in [0.25, 0.3) is 0 Å². The first-order valence-electron chi connectivity index (χ1n) is 12.7. The Labute approximate surface area is 240 Å². The number of hydrogen-bond donors (Lipinski definition) is 2. The molecule has 4 rings (SSSR count). The zero-order valence-corrected chi connectivity index (χ0v) is 23.8. The van der Waals surface area contributed by atoms with E-state index in [1.54, 1.807) is 43.3 Å². The van der Waals surface area contributed by atoms with Gasteiger partial charge < -0.3 is 24.3 Å². The molecule has 2 aromatic carbocycles. The third kappa shape index (κ3) is 6.72. The van der Waals surface area contributed by atoms with Crippen molar-refractivity contribution in [2.45, 2.75) is 32.6 Å². The van der Waals surface area contributed by atoms with Crippen LogP contribution in [-0.2, 0) is 27.2 Å². The Bertz CT molecular complexity index is 1530. The number of ether oxygens (including phenoxy) is 4. The first-order chi connectivity index (χ1) is 19.7. The average Bonchev–Trinajstić information content (AvgIpc) is 3.37. The molecule has 11 nitrogen and oxygen atoms in total. The lowest BCUT2D eigenvalue weighted by molar-refractivity contribution is -0.136. The smallest absolute Gasteiger partial charge is 0.343 e. The Balaban J connectivity index is 1.43. The fraction of sp³-hybridized carbons (Fsp3) is 0.276. The number of nitrogens with one attached hydrogen (secondary N) is 2. The maximum Gasteiger partial charge on any atom is 0.343 e. The Hall–Kier alpha value is -4.71. The molecule has 1 heterocycles. The molecule has 41 heavy (non-hydrogen) atoms. The lowest BCUT2D eigenvalue weighted by Gasteiger charge is -2.12. The van der Waals surface area contributed by atoms with Gasteiger partial charge in [-0.3, -0.25) is 9.59 Å². The van der Waals surface area contributed by atoms with Crippen LogP contribution in [-0.4, -0.2) is 50.8 Å². The number of fused-ring (bicyclic) bond motifs is 1. The molecule has 1 aliphatic rings. The van der Waals surface area contributed by atoms with Crippen LogP contribution in [0.3, 0.4) is 0 Å². The second kappa shape index (κ2) is 13.1. The van der Waals surface area contributed by atoms with Gasteiger partial charge in [0.05, 0.1) is 38.2 Å². The summed E-state index contributed by atoms with van der Waals surface area (Å²) in [5.41, 5.74) is 4.60. The van der Waals surface area contributed by atoms with E-state index < -0.39 is 23.8 Å². The highest BCUT2D eigenvalue weighted by Crippen LogP contribution is 2.38. The van der Waals surface area contributed by atoms with Crippen molar-refractivity contribution in [3.05, 3.63) is 69.6 Å². The van der Waals surface area contributed by atoms with E-state index in [-0.39, 0.29) is 16.5 Å². The number of hydrogen-bond acceptors (Lipinski definition) is 10. The number of esters is 2. The molecule has 0 unspecified atom stereocenters. The highest BCUT2D eigenvalue weighted by Gasteiger charge is 2.28. The quantitative estimate of drug-likeness (QED) is 0.133. The van der Waals surface area contributed by atoms with E-state index in [0.717, 1.165) is 29.7 Å². The topological polar surface area (TPSA) is 142 Å². The Morgan fingerprint density at radius 1 is 0.854 bits per heavy atom. The number of nitrogens with zero attached hydrogens (tertiary/aromatic N) is 1. The highest BCUT2D eigenvalue weighted by atomic mass is 32.1. The lowest BCUT2D eigenvalue weighted by Crippen LogP contribution is -2.33. The summed E-state index contributed by atoms with van der Waals surface area (Å²) in [5, 5.41) is 6.84. The zero-order chi connectivity index (χ0) is 29.5. The molecule has 0 atom stereocenters. The summed E-state index contributed by atoms with van der Waals surface area (Å²) in [5.74, 6) is -2.18. The number of carbonyl (C=O) groups is 4. The number of rotatable bonds is 8. The van der Waals surface area contributed by atoms with Gasteiger partial charge in [0.2, 0.25) is 0 Å². The SMILES string of the molecule is COC(=O)c1c(NC(=O)C(=O)NN=C(C)c2ccc(OC(=O)c3cccc(OC)c3)c(OC)c2)sc2c1CCCC2. The van der Waals surface area contributed by atoms with Crippen LogP contribution < -0.4 is 25.0 Å². The molecule has 0 bridgehead atoms. The summed E-state index contributed by atoms with van der Waals surface area (Å²) in [6, 6.07) is 11.3. The van der Waals surface area contributed by atoms with Gasteiger partial charge in [-0.1, -0.05) is 6.07 Å². The highest BCUT2D eigenvalue weighted by molar-refractivity contribution is 7.17. The van der Waals surface area contributed by atoms with Crippen LogP contribution >= 0.6 is 11.3 Å². The van der Waals surface area contributed by atoms with Crippen molar-refractivity contribution in [1.29, 1.82) is 0 Å². The molecule has 0 fully saturated rings. The Kier molecular flexibility index (Phi) is 9.35. The van der Waals surface area contributed by atoms with Crippen molar-refractivity contribution in [2.24, 2.45) is 5.10 Å². The molecular formula is C29H29N3O8S. The molecule has 1 aromatic heterocycles. The standard InChI is InChI=1S/C29H29N3O8S/c1-16(17-12-13-21(22(15-17)38-3)40-28(35)18-8-7-9-19(14-18)37-2)31-32-26(34)25(33)30-27-24(29(36)39-4)20-10-5-6-11-23(20)41-27/h7-9,12-15H,5-6,10-11H2,1-4H3,(H,30,33)(H,32,34). The fourth-order valence-corrected chi connectivity index (χ4v) is 5.54. The molecule has 3 aromatic rings. The molecule has 12 heteroatoms. The van der Waals surface area contributed by atoms with E-state index in [4.69, 9.17) is 18.9 Å². The van der Waals surface area contributed by atoms with Crippen LogP contribution in [0.25, 0.3) is 0 Å². The van der Waals surface area contributed by atoms with Gasteiger partial charge in [-0.15, -0.1) is 11.3 Å². The van der Waals surface area contributed by atoms with Crippen molar-refractivity contribution < 1.29 is 38.1 Å². The molecule has 1 aliphatic carbocycles. The summed E-state index contributed by atoms with van der Waals surface area (Å²) in [7, 11) is 4.20. The van der Waals surface area contributed by atoms with Crippen LogP contribution in [0.15, 0.2) is 47.6 Å². The van der Waals surface area contributed by atoms with Crippen LogP contribution in [0.4, 0.5) is 5.00 Å². The summed E-state index contributed by atoms with van der Waals surface area (Å²) < 4.78 is 20.9. The van der Waals surface area contributed by atoms with Crippen LogP contribution in [0.2, 0.25) is 0 Å². The van der Waals surface area contributed by atoms with E-state index in [1.165, 1.54) is 38.7 Å². The maximum atomic E-state index is 12.6. The van der Waals surface area contributed by atoms with Crippen LogP contribution in [0.5, 0.6) is 17.2 Å². The van der Waals surface area contributed by atoms with E-state index in [9.17, 15) is 19.2 Å². The van der Waals surface area contributed by atoms with Gasteiger partial charge in [-0.05, 0) is 74.6 Å². The van der Waals surface area contributed by atoms with E-state index in [2.05, 4.69) is 15.8 Å². The Morgan fingerprint density at radius 3 is 2.37 bits per heavy atom. The molecule has 0 saturated heterocycles. The summed E-state index contributed by atoms with van der Waals surface area (Å²) in [6.45, 7) is 1.62. The molecule has 2 N–H and O–H groups in total. The third-order valence-corrected chi connectivity index (χ3v) is 7.62. The molecule has 2 amide bonds. The van der Waals surface area contributed by atoms with Gasteiger partial charge in [0, 0.05) is 10.4 Å². The largest absolute Gasteiger partial charge is 0.497 e. The number of anilines is 1. The number of hydrazone groups is 1. The molecular weight excluding hydrogens is 550 g/mol. The van der Waals surface area contributed by atoms with Crippen LogP contribution in [0.1, 0.15) is 56.5 Å². The number of thiophene rings is 1. The minimum Gasteiger partial charge on any atom is -0.497 e. The second-order valence-corrected chi connectivity index (χ2v) is 10.1. The summed E-state index contributed by atoms with van der Waals surface area (Å²) in [6.07, 6.45) is 3.45. The molecule has 0 aliphatic heterocycles. The minimum atomic E-state index is -1.01. The van der Waals surface area contributed by atoms with Gasteiger partial charge in [0.15, 0.2) is 11.5 Å². The number of aryl methyl sites for hydroxylation is 1. The third-order valence-electron chi connectivity index (χ3n) is 6.41. The summed E-state index contributed by atoms with van der Waals surface area (Å²) in [4.78, 5) is 51.2. The normalized spacial score (nSPS) is 12.5. The van der Waals surface area contributed by atoms with Gasteiger partial charge >= 0.3 is 23.8 Å².